The first-order valence-corrected chi connectivity index (χ1v) is 10.8. The quantitative estimate of drug-likeness (QED) is 0.387. The molecule has 0 aliphatic rings. The van der Waals surface area contributed by atoms with E-state index >= 15 is 0 Å². The minimum Gasteiger partial charge on any atom is -0.324 e. The molecule has 11 heteroatoms. The highest BCUT2D eigenvalue weighted by Gasteiger charge is 2.11. The normalized spacial score (nSPS) is 10.9. The monoisotopic (exact) mass is 471 g/mol. The summed E-state index contributed by atoms with van der Waals surface area (Å²) in [5.41, 5.74) is 3.33. The molecule has 1 amide bonds. The number of hydrogen-bond donors (Lipinski definition) is 1. The van der Waals surface area contributed by atoms with Gasteiger partial charge in [-0.05, 0) is 52.4 Å². The lowest BCUT2D eigenvalue weighted by atomic mass is 10.1. The first kappa shape index (κ1) is 21.4. The van der Waals surface area contributed by atoms with Crippen molar-refractivity contribution in [2.24, 2.45) is 0 Å². The smallest absolute Gasteiger partial charge is 0.248 e. The van der Waals surface area contributed by atoms with E-state index in [2.05, 4.69) is 36.1 Å². The molecule has 0 saturated carbocycles. The van der Waals surface area contributed by atoms with E-state index in [1.807, 2.05) is 66.7 Å². The Hall–Kier alpha value is -4.44. The molecule has 0 saturated heterocycles. The number of benzene rings is 3. The Bertz CT molecular complexity index is 1400. The Labute approximate surface area is 199 Å². The van der Waals surface area contributed by atoms with Crippen molar-refractivity contribution in [1.82, 2.24) is 40.4 Å². The molecule has 0 aliphatic carbocycles. The molecular formula is C23H18ClN9O. The number of carbonyl (C=O) groups is 1. The third kappa shape index (κ3) is 5.13. The van der Waals surface area contributed by atoms with Crippen molar-refractivity contribution in [2.75, 3.05) is 5.32 Å². The van der Waals surface area contributed by atoms with Crippen LogP contribution in [0.4, 0.5) is 5.69 Å². The fourth-order valence-electron chi connectivity index (χ4n) is 3.22. The van der Waals surface area contributed by atoms with Gasteiger partial charge in [-0.25, -0.2) is 0 Å². The average molecular weight is 472 g/mol. The molecule has 10 nitrogen and oxygen atoms in total. The van der Waals surface area contributed by atoms with Gasteiger partial charge in [0.2, 0.25) is 17.6 Å². The second-order valence-corrected chi connectivity index (χ2v) is 7.84. The molecule has 0 unspecified atom stereocenters. The van der Waals surface area contributed by atoms with E-state index in [4.69, 9.17) is 11.6 Å². The zero-order chi connectivity index (χ0) is 23.3. The minimum absolute atomic E-state index is 0.0338. The standard InChI is InChI=1S/C23H18ClN9O/c24-19-12-10-18(11-13-19)23-26-30-32(28-23)14-16-6-8-17(9-7-16)22-27-31-33(29-22)15-21(34)25-20-4-2-1-3-5-20/h1-13H,14-15H2,(H,25,34). The maximum absolute atomic E-state index is 12.2. The van der Waals surface area contributed by atoms with Gasteiger partial charge in [-0.3, -0.25) is 4.79 Å². The number of para-hydroxylation sites is 1. The summed E-state index contributed by atoms with van der Waals surface area (Å²) in [5, 5.41) is 28.4. The molecule has 5 aromatic rings. The molecule has 0 radical (unpaired) electrons. The number of nitrogens with zero attached hydrogens (tertiary/aromatic N) is 8. The van der Waals surface area contributed by atoms with Gasteiger partial charge < -0.3 is 5.32 Å². The van der Waals surface area contributed by atoms with Crippen LogP contribution in [0.1, 0.15) is 5.56 Å². The fourth-order valence-corrected chi connectivity index (χ4v) is 3.35. The van der Waals surface area contributed by atoms with Gasteiger partial charge in [0.05, 0.1) is 6.54 Å². The number of anilines is 1. The van der Waals surface area contributed by atoms with Crippen LogP contribution in [0.2, 0.25) is 5.02 Å². The molecule has 168 valence electrons. The predicted molar refractivity (Wildman–Crippen MR) is 126 cm³/mol. The molecule has 0 aliphatic heterocycles. The van der Waals surface area contributed by atoms with Gasteiger partial charge in [0.15, 0.2) is 0 Å². The molecule has 0 spiro atoms. The lowest BCUT2D eigenvalue weighted by Crippen LogP contribution is -2.20. The maximum Gasteiger partial charge on any atom is 0.248 e. The highest BCUT2D eigenvalue weighted by molar-refractivity contribution is 6.30. The predicted octanol–water partition coefficient (Wildman–Crippen LogP) is 3.33. The Morgan fingerprint density at radius 2 is 1.35 bits per heavy atom. The van der Waals surface area contributed by atoms with Gasteiger partial charge in [0.25, 0.3) is 0 Å². The van der Waals surface area contributed by atoms with E-state index < -0.39 is 0 Å². The van der Waals surface area contributed by atoms with Crippen molar-refractivity contribution in [2.45, 2.75) is 13.1 Å². The third-order valence-corrected chi connectivity index (χ3v) is 5.14. The summed E-state index contributed by atoms with van der Waals surface area (Å²) in [7, 11) is 0. The van der Waals surface area contributed by atoms with Gasteiger partial charge in [0, 0.05) is 21.8 Å². The van der Waals surface area contributed by atoms with Crippen LogP contribution >= 0.6 is 11.6 Å². The number of halogens is 1. The second kappa shape index (κ2) is 9.59. The summed E-state index contributed by atoms with van der Waals surface area (Å²) in [6, 6.07) is 24.1. The van der Waals surface area contributed by atoms with Crippen molar-refractivity contribution < 1.29 is 4.79 Å². The highest BCUT2D eigenvalue weighted by atomic mass is 35.5. The van der Waals surface area contributed by atoms with Crippen LogP contribution in [0.15, 0.2) is 78.9 Å². The summed E-state index contributed by atoms with van der Waals surface area (Å²) in [4.78, 5) is 15.0. The SMILES string of the molecule is O=C(Cn1nnc(-c2ccc(Cn3nnc(-c4ccc(Cl)cc4)n3)cc2)n1)Nc1ccccc1. The molecule has 34 heavy (non-hydrogen) atoms. The van der Waals surface area contributed by atoms with E-state index in [-0.39, 0.29) is 12.5 Å². The van der Waals surface area contributed by atoms with Gasteiger partial charge in [-0.15, -0.1) is 20.4 Å². The first-order chi connectivity index (χ1) is 16.6. The topological polar surface area (TPSA) is 116 Å². The van der Waals surface area contributed by atoms with E-state index in [0.29, 0.717) is 28.9 Å². The van der Waals surface area contributed by atoms with Gasteiger partial charge in [0.1, 0.15) is 6.54 Å². The molecule has 0 bridgehead atoms. The number of carbonyl (C=O) groups excluding carboxylic acids is 1. The van der Waals surface area contributed by atoms with E-state index in [1.54, 1.807) is 12.1 Å². The molecule has 2 aromatic heterocycles. The zero-order valence-corrected chi connectivity index (χ0v) is 18.5. The number of rotatable bonds is 7. The summed E-state index contributed by atoms with van der Waals surface area (Å²) >= 11 is 5.93. The largest absolute Gasteiger partial charge is 0.324 e. The molecule has 0 atom stereocenters. The van der Waals surface area contributed by atoms with E-state index in [0.717, 1.165) is 16.7 Å². The van der Waals surface area contributed by atoms with Crippen LogP contribution in [-0.2, 0) is 17.9 Å². The molecule has 3 aromatic carbocycles. The van der Waals surface area contributed by atoms with Crippen molar-refractivity contribution >= 4 is 23.2 Å². The summed E-state index contributed by atoms with van der Waals surface area (Å²) < 4.78 is 0. The minimum atomic E-state index is -0.233. The highest BCUT2D eigenvalue weighted by Crippen LogP contribution is 2.18. The maximum atomic E-state index is 12.2. The molecule has 5 rings (SSSR count). The van der Waals surface area contributed by atoms with Crippen LogP contribution in [0.25, 0.3) is 22.8 Å². The third-order valence-electron chi connectivity index (χ3n) is 4.89. The number of nitrogens with one attached hydrogen (secondary N) is 1. The molecule has 1 N–H and O–H groups in total. The van der Waals surface area contributed by atoms with Crippen LogP contribution in [-0.4, -0.2) is 46.3 Å². The van der Waals surface area contributed by atoms with Crippen LogP contribution in [0.3, 0.4) is 0 Å². The average Bonchev–Trinajstić information content (AvgIpc) is 3.51. The van der Waals surface area contributed by atoms with Crippen LogP contribution in [0, 0.1) is 0 Å². The Morgan fingerprint density at radius 3 is 2.03 bits per heavy atom. The second-order valence-electron chi connectivity index (χ2n) is 7.40. The van der Waals surface area contributed by atoms with Crippen LogP contribution in [0.5, 0.6) is 0 Å². The first-order valence-electron chi connectivity index (χ1n) is 10.4. The van der Waals surface area contributed by atoms with Crippen LogP contribution < -0.4 is 5.32 Å². The van der Waals surface area contributed by atoms with E-state index in [1.165, 1.54) is 9.59 Å². The van der Waals surface area contributed by atoms with Crippen molar-refractivity contribution in [3.63, 3.8) is 0 Å². The van der Waals surface area contributed by atoms with Crippen molar-refractivity contribution in [3.8, 4) is 22.8 Å². The lowest BCUT2D eigenvalue weighted by Gasteiger charge is -2.03. The molecule has 2 heterocycles. The number of aromatic nitrogens is 8. The summed E-state index contributed by atoms with van der Waals surface area (Å²) in [6.45, 7) is 0.425. The zero-order valence-electron chi connectivity index (χ0n) is 17.8. The van der Waals surface area contributed by atoms with Crippen molar-refractivity contribution in [1.29, 1.82) is 0 Å². The molecule has 0 fully saturated rings. The number of hydrogen-bond acceptors (Lipinski definition) is 7. The van der Waals surface area contributed by atoms with Gasteiger partial charge in [-0.1, -0.05) is 54.1 Å². The van der Waals surface area contributed by atoms with Crippen molar-refractivity contribution in [3.05, 3.63) is 89.4 Å². The Balaban J connectivity index is 1.21. The lowest BCUT2D eigenvalue weighted by molar-refractivity contribution is -0.117. The van der Waals surface area contributed by atoms with Gasteiger partial charge >= 0.3 is 0 Å². The van der Waals surface area contributed by atoms with E-state index in [9.17, 15) is 4.79 Å². The number of amides is 1. The Morgan fingerprint density at radius 1 is 0.765 bits per heavy atom. The number of tetrazole rings is 2. The fraction of sp³-hybridized carbons (Fsp3) is 0.0870. The summed E-state index contributed by atoms with van der Waals surface area (Å²) in [5.74, 6) is 0.733. The van der Waals surface area contributed by atoms with Gasteiger partial charge in [-0.2, -0.15) is 9.59 Å². The molecular weight excluding hydrogens is 454 g/mol. The summed E-state index contributed by atoms with van der Waals surface area (Å²) in [6.07, 6.45) is 0. The Kier molecular flexibility index (Phi) is 6.04.